The molecule has 0 unspecified atom stereocenters. The Morgan fingerprint density at radius 1 is 1.09 bits per heavy atom. The molecule has 18 heteroatoms. The van der Waals surface area contributed by atoms with Crippen molar-refractivity contribution in [3.05, 3.63) is 53.3 Å². The minimum atomic E-state index is -4.70. The molecule has 0 atom stereocenters. The van der Waals surface area contributed by atoms with Crippen LogP contribution in [0.4, 0.5) is 23.7 Å². The van der Waals surface area contributed by atoms with Crippen LogP contribution in [0.2, 0.25) is 51.4 Å². The number of nitrogens with two attached hydrogens (primary N) is 1. The number of phosphoric acid groups is 1. The first kappa shape index (κ1) is 37.4. The smallest absolute Gasteiger partial charge is 0.444 e. The first-order chi connectivity index (χ1) is 20.3. The van der Waals surface area contributed by atoms with Gasteiger partial charge in [-0.05, 0) is 54.6 Å². The highest BCUT2D eigenvalue weighted by Crippen LogP contribution is 2.51. The van der Waals surface area contributed by atoms with Crippen molar-refractivity contribution in [3.63, 3.8) is 0 Å². The van der Waals surface area contributed by atoms with Crippen LogP contribution in [0.1, 0.15) is 16.8 Å². The van der Waals surface area contributed by atoms with Crippen LogP contribution in [0.5, 0.6) is 5.75 Å². The molecule has 0 bridgehead atoms. The monoisotopic (exact) mass is 693 g/mol. The molecule has 1 amide bonds. The number of nitrogens with zero attached hydrogens (tertiary/aromatic N) is 2. The van der Waals surface area contributed by atoms with E-state index >= 15 is 0 Å². The lowest BCUT2D eigenvalue weighted by atomic mass is 10.1. The van der Waals surface area contributed by atoms with Gasteiger partial charge in [0.25, 0.3) is 0 Å². The second kappa shape index (κ2) is 15.9. The summed E-state index contributed by atoms with van der Waals surface area (Å²) in [5.41, 5.74) is 6.85. The number of benzene rings is 1. The van der Waals surface area contributed by atoms with Crippen LogP contribution in [0.15, 0.2) is 41.6 Å². The van der Waals surface area contributed by atoms with Gasteiger partial charge in [-0.15, -0.1) is 0 Å². The Balaban J connectivity index is 2.29. The molecule has 0 fully saturated rings. The number of anilines is 1. The predicted molar refractivity (Wildman–Crippen MR) is 173 cm³/mol. The molecule has 2 rings (SSSR count). The van der Waals surface area contributed by atoms with Gasteiger partial charge >= 0.3 is 20.1 Å². The Morgan fingerprint density at radius 3 is 2.25 bits per heavy atom. The number of aromatic nitrogens is 1. The molecule has 1 aromatic heterocycles. The van der Waals surface area contributed by atoms with Gasteiger partial charge in [0.1, 0.15) is 18.1 Å². The standard InChI is InChI=1S/C26H39F3N5O6PSSi2/c1-43(2,3)14-12-38-41(36,39-13-15-44(4,5)6)40-23-10-9-20(26(27,28)29)16-19(23)18-37-25(35)33-21-8-7-11-31-22(21)17-32-34-24(30)42/h7-11,16-17H,12-15,18H2,1-6H3,(H,33,35)(H3,30,34,42)/b32-17+. The minimum absolute atomic E-state index is 0.0815. The first-order valence-corrected chi connectivity index (χ1v) is 22.8. The van der Waals surface area contributed by atoms with E-state index in [9.17, 15) is 22.5 Å². The molecule has 0 aliphatic heterocycles. The van der Waals surface area contributed by atoms with E-state index < -0.39 is 48.4 Å². The number of nitrogens with one attached hydrogen (secondary N) is 2. The third kappa shape index (κ3) is 14.3. The van der Waals surface area contributed by atoms with Crippen molar-refractivity contribution >= 4 is 59.3 Å². The quantitative estimate of drug-likeness (QED) is 0.0575. The van der Waals surface area contributed by atoms with Gasteiger partial charge < -0.3 is 15.0 Å². The summed E-state index contributed by atoms with van der Waals surface area (Å²) in [6.07, 6.45) is -3.03. The molecule has 11 nitrogen and oxygen atoms in total. The lowest BCUT2D eigenvalue weighted by Gasteiger charge is -2.24. The number of alkyl halides is 3. The number of halogens is 3. The highest BCUT2D eigenvalue weighted by molar-refractivity contribution is 7.80. The molecular formula is C26H39F3N5O6PSSi2. The summed E-state index contributed by atoms with van der Waals surface area (Å²) in [5.74, 6) is -0.242. The fourth-order valence-electron chi connectivity index (χ4n) is 3.17. The summed E-state index contributed by atoms with van der Waals surface area (Å²) in [4.78, 5) is 16.7. The number of carbonyl (C=O) groups excluding carboxylic acids is 1. The molecular weight excluding hydrogens is 655 g/mol. The SMILES string of the molecule is C[Si](C)(C)CCOP(=O)(OCC[Si](C)(C)C)Oc1ccc(C(F)(F)F)cc1COC(=O)Nc1cccnc1/C=N/NC(N)=S. The molecule has 2 aromatic rings. The molecule has 0 saturated heterocycles. The number of thiocarbonyl (C=S) groups is 1. The van der Waals surface area contributed by atoms with Crippen LogP contribution in [0.25, 0.3) is 0 Å². The fraction of sp³-hybridized carbons (Fsp3) is 0.462. The Kier molecular flexibility index (Phi) is 13.5. The molecule has 1 heterocycles. The van der Waals surface area contributed by atoms with Gasteiger partial charge in [0.05, 0.1) is 30.7 Å². The summed E-state index contributed by atoms with van der Waals surface area (Å²) in [5, 5.41) is 6.15. The summed E-state index contributed by atoms with van der Waals surface area (Å²) in [6, 6.07) is 6.86. The van der Waals surface area contributed by atoms with Crippen LogP contribution in [0, 0.1) is 0 Å². The van der Waals surface area contributed by atoms with E-state index in [1.54, 1.807) is 0 Å². The lowest BCUT2D eigenvalue weighted by Crippen LogP contribution is -2.24. The molecule has 0 aliphatic carbocycles. The maximum Gasteiger partial charge on any atom is 0.530 e. The van der Waals surface area contributed by atoms with Gasteiger partial charge in [-0.3, -0.25) is 24.8 Å². The van der Waals surface area contributed by atoms with Crippen molar-refractivity contribution in [1.29, 1.82) is 0 Å². The molecule has 244 valence electrons. The average molecular weight is 694 g/mol. The number of pyridine rings is 1. The van der Waals surface area contributed by atoms with Crippen LogP contribution < -0.4 is 21.0 Å². The Labute approximate surface area is 262 Å². The predicted octanol–water partition coefficient (Wildman–Crippen LogP) is 7.21. The molecule has 0 radical (unpaired) electrons. The Hall–Kier alpha value is -2.83. The van der Waals surface area contributed by atoms with Gasteiger partial charge in [0.15, 0.2) is 5.11 Å². The summed E-state index contributed by atoms with van der Waals surface area (Å²) in [7, 11) is -7.44. The second-order valence-corrected chi connectivity index (χ2v) is 25.3. The number of amides is 1. The number of hydrazone groups is 1. The second-order valence-electron chi connectivity index (χ2n) is 12.0. The maximum absolute atomic E-state index is 13.7. The van der Waals surface area contributed by atoms with E-state index in [-0.39, 0.29) is 41.0 Å². The summed E-state index contributed by atoms with van der Waals surface area (Å²) < 4.78 is 76.6. The van der Waals surface area contributed by atoms with Gasteiger partial charge in [-0.1, -0.05) is 39.3 Å². The lowest BCUT2D eigenvalue weighted by molar-refractivity contribution is -0.137. The molecule has 0 saturated carbocycles. The van der Waals surface area contributed by atoms with Crippen LogP contribution in [0.3, 0.4) is 0 Å². The largest absolute Gasteiger partial charge is 0.530 e. The molecule has 0 aliphatic rings. The molecule has 4 N–H and O–H groups in total. The van der Waals surface area contributed by atoms with Crippen molar-refractivity contribution < 1.29 is 40.8 Å². The highest BCUT2D eigenvalue weighted by Gasteiger charge is 2.34. The number of ether oxygens (including phenoxy) is 1. The van der Waals surface area contributed by atoms with E-state index in [1.165, 1.54) is 24.5 Å². The highest BCUT2D eigenvalue weighted by atomic mass is 32.1. The third-order valence-corrected chi connectivity index (χ3v) is 10.5. The zero-order chi connectivity index (χ0) is 33.2. The maximum atomic E-state index is 13.7. The first-order valence-electron chi connectivity index (χ1n) is 13.5. The van der Waals surface area contributed by atoms with E-state index in [1.807, 2.05) is 0 Å². The topological polar surface area (TPSA) is 146 Å². The molecule has 44 heavy (non-hydrogen) atoms. The van der Waals surface area contributed by atoms with Crippen molar-refractivity contribution in [3.8, 4) is 5.75 Å². The van der Waals surface area contributed by atoms with Crippen molar-refractivity contribution in [2.75, 3.05) is 18.5 Å². The Morgan fingerprint density at radius 2 is 1.70 bits per heavy atom. The van der Waals surface area contributed by atoms with Gasteiger partial charge in [0.2, 0.25) is 0 Å². The van der Waals surface area contributed by atoms with Crippen LogP contribution >= 0.6 is 20.0 Å². The van der Waals surface area contributed by atoms with E-state index in [0.717, 1.165) is 18.2 Å². The van der Waals surface area contributed by atoms with Crippen molar-refractivity contribution in [2.24, 2.45) is 10.8 Å². The number of carbonyl (C=O) groups is 1. The number of phosphoric ester groups is 1. The Bertz CT molecular complexity index is 1350. The zero-order valence-electron chi connectivity index (χ0n) is 25.5. The van der Waals surface area contributed by atoms with Crippen LogP contribution in [-0.4, -0.2) is 51.8 Å². The number of rotatable bonds is 15. The summed E-state index contributed by atoms with van der Waals surface area (Å²) >= 11 is 4.67. The van der Waals surface area contributed by atoms with Crippen LogP contribution in [-0.2, 0) is 31.1 Å². The number of hydrogen-bond acceptors (Lipinski definition) is 9. The van der Waals surface area contributed by atoms with E-state index in [2.05, 4.69) is 72.3 Å². The third-order valence-electron chi connectivity index (χ3n) is 5.60. The molecule has 1 aromatic carbocycles. The van der Waals surface area contributed by atoms with Crippen molar-refractivity contribution in [1.82, 2.24) is 10.4 Å². The van der Waals surface area contributed by atoms with Gasteiger partial charge in [-0.2, -0.15) is 18.3 Å². The molecule has 0 spiro atoms. The van der Waals surface area contributed by atoms with Crippen molar-refractivity contribution in [2.45, 2.75) is 64.2 Å². The average Bonchev–Trinajstić information content (AvgIpc) is 2.86. The summed E-state index contributed by atoms with van der Waals surface area (Å²) in [6.45, 7) is 12.2. The van der Waals surface area contributed by atoms with E-state index in [0.29, 0.717) is 12.1 Å². The zero-order valence-corrected chi connectivity index (χ0v) is 29.2. The van der Waals surface area contributed by atoms with Gasteiger partial charge in [-0.25, -0.2) is 9.36 Å². The number of hydrogen-bond donors (Lipinski definition) is 3. The van der Waals surface area contributed by atoms with E-state index in [4.69, 9.17) is 24.0 Å². The van der Waals surface area contributed by atoms with Gasteiger partial charge in [0, 0.05) is 27.9 Å². The normalized spacial score (nSPS) is 12.7. The minimum Gasteiger partial charge on any atom is -0.444 e. The fourth-order valence-corrected chi connectivity index (χ4v) is 6.22.